The Morgan fingerprint density at radius 2 is 1.30 bits per heavy atom. The summed E-state index contributed by atoms with van der Waals surface area (Å²) in [5.74, 6) is 2.18. The van der Waals surface area contributed by atoms with Crippen LogP contribution in [0.5, 0.6) is 23.0 Å². The SMILES string of the molecule is O=C1c2ccc(OC3CCCCO3)cc2O[C@@H](c2ccc(OCCN3CCCCC3)cc2)[C@H]1c1ccc(OC2CCCCO2)cc1. The Kier molecular flexibility index (Phi) is 10.0. The highest BCUT2D eigenvalue weighted by molar-refractivity contribution is 6.05. The molecule has 3 aromatic carbocycles. The van der Waals surface area contributed by atoms with E-state index in [0.29, 0.717) is 30.3 Å². The summed E-state index contributed by atoms with van der Waals surface area (Å²) in [7, 11) is 0. The number of hydrogen-bond donors (Lipinski definition) is 0. The van der Waals surface area contributed by atoms with Crippen molar-refractivity contribution < 1.29 is 33.2 Å². The summed E-state index contributed by atoms with van der Waals surface area (Å²) in [4.78, 5) is 16.7. The van der Waals surface area contributed by atoms with E-state index in [1.807, 2.05) is 66.7 Å². The molecule has 0 spiro atoms. The fourth-order valence-electron chi connectivity index (χ4n) is 6.87. The molecule has 4 heterocycles. The minimum absolute atomic E-state index is 0.0119. The number of ketones is 1. The van der Waals surface area contributed by atoms with E-state index in [0.717, 1.165) is 87.4 Å². The van der Waals surface area contributed by atoms with Gasteiger partial charge in [-0.05, 0) is 99.1 Å². The minimum atomic E-state index is -0.535. The van der Waals surface area contributed by atoms with Gasteiger partial charge in [0.1, 0.15) is 35.7 Å². The van der Waals surface area contributed by atoms with E-state index < -0.39 is 12.0 Å². The summed E-state index contributed by atoms with van der Waals surface area (Å²) in [5.41, 5.74) is 2.33. The molecule has 3 aromatic rings. The Hall–Kier alpha value is -3.59. The molecule has 2 unspecified atom stereocenters. The summed E-state index contributed by atoms with van der Waals surface area (Å²) >= 11 is 0. The smallest absolute Gasteiger partial charge is 0.199 e. The van der Waals surface area contributed by atoms with Gasteiger partial charge in [0.15, 0.2) is 18.4 Å². The third-order valence-electron chi connectivity index (χ3n) is 9.44. The van der Waals surface area contributed by atoms with Gasteiger partial charge in [0.05, 0.1) is 24.7 Å². The molecular weight excluding hydrogens is 582 g/mol. The lowest BCUT2D eigenvalue weighted by atomic mass is 9.81. The highest BCUT2D eigenvalue weighted by Crippen LogP contribution is 2.45. The molecule has 3 fully saturated rings. The van der Waals surface area contributed by atoms with E-state index in [-0.39, 0.29) is 18.4 Å². The maximum atomic E-state index is 14.2. The number of benzene rings is 3. The minimum Gasteiger partial charge on any atom is -0.492 e. The van der Waals surface area contributed by atoms with Gasteiger partial charge >= 0.3 is 0 Å². The van der Waals surface area contributed by atoms with Crippen molar-refractivity contribution in [2.24, 2.45) is 0 Å². The van der Waals surface area contributed by atoms with E-state index >= 15 is 0 Å². The molecule has 4 atom stereocenters. The topological polar surface area (TPSA) is 75.7 Å². The second kappa shape index (κ2) is 14.9. The lowest BCUT2D eigenvalue weighted by Gasteiger charge is -2.34. The van der Waals surface area contributed by atoms with E-state index in [1.165, 1.54) is 19.3 Å². The van der Waals surface area contributed by atoms with Crippen LogP contribution < -0.4 is 18.9 Å². The van der Waals surface area contributed by atoms with Crippen molar-refractivity contribution in [2.45, 2.75) is 82.4 Å². The van der Waals surface area contributed by atoms with Crippen LogP contribution in [0.25, 0.3) is 0 Å². The van der Waals surface area contributed by atoms with E-state index in [4.69, 9.17) is 28.4 Å². The van der Waals surface area contributed by atoms with E-state index in [9.17, 15) is 4.79 Å². The molecule has 0 aromatic heterocycles. The van der Waals surface area contributed by atoms with Gasteiger partial charge in [0.25, 0.3) is 0 Å². The molecule has 3 saturated heterocycles. The molecule has 0 amide bonds. The first-order valence-electron chi connectivity index (χ1n) is 17.2. The molecule has 8 nitrogen and oxygen atoms in total. The second-order valence-electron chi connectivity index (χ2n) is 12.8. The zero-order valence-corrected chi connectivity index (χ0v) is 26.6. The average molecular weight is 628 g/mol. The molecule has 244 valence electrons. The van der Waals surface area contributed by atoms with Gasteiger partial charge in [-0.1, -0.05) is 30.7 Å². The summed E-state index contributed by atoms with van der Waals surface area (Å²) in [6.07, 6.45) is 8.85. The molecular formula is C38H45NO7. The molecule has 46 heavy (non-hydrogen) atoms. The van der Waals surface area contributed by atoms with Crippen LogP contribution in [0, 0.1) is 0 Å². The highest BCUT2D eigenvalue weighted by atomic mass is 16.7. The number of likely N-dealkylation sites (tertiary alicyclic amines) is 1. The molecule has 4 aliphatic heterocycles. The third-order valence-corrected chi connectivity index (χ3v) is 9.44. The molecule has 0 aliphatic carbocycles. The Labute approximate surface area is 271 Å². The van der Waals surface area contributed by atoms with Crippen LogP contribution in [0.1, 0.15) is 91.3 Å². The average Bonchev–Trinajstić information content (AvgIpc) is 3.10. The van der Waals surface area contributed by atoms with E-state index in [1.54, 1.807) is 0 Å². The molecule has 0 saturated carbocycles. The van der Waals surface area contributed by atoms with Crippen LogP contribution in [-0.4, -0.2) is 62.7 Å². The Balaban J connectivity index is 1.11. The fraction of sp³-hybridized carbons (Fsp3) is 0.500. The first kappa shape index (κ1) is 31.0. The first-order valence-corrected chi connectivity index (χ1v) is 17.2. The maximum Gasteiger partial charge on any atom is 0.199 e. The molecule has 0 bridgehead atoms. The summed E-state index contributed by atoms with van der Waals surface area (Å²) in [5, 5.41) is 0. The zero-order valence-electron chi connectivity index (χ0n) is 26.6. The summed E-state index contributed by atoms with van der Waals surface area (Å²) < 4.78 is 36.5. The quantitative estimate of drug-likeness (QED) is 0.229. The predicted molar refractivity (Wildman–Crippen MR) is 174 cm³/mol. The van der Waals surface area contributed by atoms with Crippen molar-refractivity contribution in [1.82, 2.24) is 4.90 Å². The zero-order chi connectivity index (χ0) is 31.1. The Morgan fingerprint density at radius 1 is 0.674 bits per heavy atom. The van der Waals surface area contributed by atoms with Crippen molar-refractivity contribution in [1.29, 1.82) is 0 Å². The normalized spacial score (nSPS) is 25.3. The van der Waals surface area contributed by atoms with Crippen LogP contribution in [0.2, 0.25) is 0 Å². The fourth-order valence-corrected chi connectivity index (χ4v) is 6.87. The Morgan fingerprint density at radius 3 is 1.98 bits per heavy atom. The first-order chi connectivity index (χ1) is 22.7. The van der Waals surface area contributed by atoms with Gasteiger partial charge < -0.3 is 28.4 Å². The molecule has 7 rings (SSSR count). The highest BCUT2D eigenvalue weighted by Gasteiger charge is 2.40. The largest absolute Gasteiger partial charge is 0.492 e. The monoisotopic (exact) mass is 627 g/mol. The van der Waals surface area contributed by atoms with Gasteiger partial charge in [-0.2, -0.15) is 0 Å². The van der Waals surface area contributed by atoms with Crippen LogP contribution in [0.4, 0.5) is 0 Å². The van der Waals surface area contributed by atoms with Crippen molar-refractivity contribution in [2.75, 3.05) is 39.5 Å². The van der Waals surface area contributed by atoms with Gasteiger partial charge in [-0.15, -0.1) is 0 Å². The molecule has 8 heteroatoms. The van der Waals surface area contributed by atoms with Gasteiger partial charge in [0, 0.05) is 25.5 Å². The van der Waals surface area contributed by atoms with Gasteiger partial charge in [-0.25, -0.2) is 0 Å². The second-order valence-corrected chi connectivity index (χ2v) is 12.8. The van der Waals surface area contributed by atoms with Crippen molar-refractivity contribution >= 4 is 5.78 Å². The number of hydrogen-bond acceptors (Lipinski definition) is 8. The van der Waals surface area contributed by atoms with Crippen molar-refractivity contribution in [3.8, 4) is 23.0 Å². The number of rotatable bonds is 10. The molecule has 0 N–H and O–H groups in total. The summed E-state index contributed by atoms with van der Waals surface area (Å²) in [6.45, 7) is 5.32. The molecule has 4 aliphatic rings. The van der Waals surface area contributed by atoms with E-state index in [2.05, 4.69) is 4.90 Å². The van der Waals surface area contributed by atoms with Crippen molar-refractivity contribution in [3.05, 3.63) is 83.4 Å². The number of carbonyl (C=O) groups is 1. The van der Waals surface area contributed by atoms with Gasteiger partial charge in [-0.3, -0.25) is 9.69 Å². The lowest BCUT2D eigenvalue weighted by Crippen LogP contribution is -2.33. The third kappa shape index (κ3) is 7.51. The van der Waals surface area contributed by atoms with Crippen molar-refractivity contribution in [3.63, 3.8) is 0 Å². The number of fused-ring (bicyclic) bond motifs is 1. The number of nitrogens with zero attached hydrogens (tertiary/aromatic N) is 1. The number of ether oxygens (including phenoxy) is 6. The number of piperidine rings is 1. The number of carbonyl (C=O) groups excluding carboxylic acids is 1. The van der Waals surface area contributed by atoms with Crippen LogP contribution in [0.3, 0.4) is 0 Å². The van der Waals surface area contributed by atoms with Crippen LogP contribution in [-0.2, 0) is 9.47 Å². The van der Waals surface area contributed by atoms with Crippen LogP contribution in [0.15, 0.2) is 66.7 Å². The van der Waals surface area contributed by atoms with Gasteiger partial charge in [0.2, 0.25) is 0 Å². The lowest BCUT2D eigenvalue weighted by molar-refractivity contribution is -0.106. The maximum absolute atomic E-state index is 14.2. The molecule has 0 radical (unpaired) electrons. The standard InChI is InChI=1S/C38H45NO7/c40-37-32-19-18-31(45-35-9-3-7-24-43-35)26-33(32)46-38(28-12-14-29(15-13-28)41-25-22-39-20-4-1-5-21-39)36(37)27-10-16-30(17-11-27)44-34-8-2-6-23-42-34/h10-19,26,34-36,38H,1-9,20-25H2/t34?,35?,36-,38-/m0/s1. The van der Waals surface area contributed by atoms with Crippen LogP contribution >= 0.6 is 0 Å². The number of Topliss-reactive ketones (excluding diaryl/α,β-unsaturated/α-hetero) is 1. The summed E-state index contributed by atoms with van der Waals surface area (Å²) in [6, 6.07) is 21.3. The Bertz CT molecular complexity index is 1420. The predicted octanol–water partition coefficient (Wildman–Crippen LogP) is 7.46.